The molecule has 1 amide bonds. The van der Waals surface area contributed by atoms with Gasteiger partial charge in [-0.3, -0.25) is 9.48 Å². The lowest BCUT2D eigenvalue weighted by Crippen LogP contribution is -2.17. The van der Waals surface area contributed by atoms with Crippen molar-refractivity contribution in [3.63, 3.8) is 0 Å². The Morgan fingerprint density at radius 2 is 1.89 bits per heavy atom. The van der Waals surface area contributed by atoms with Crippen LogP contribution >= 0.6 is 0 Å². The molecule has 0 bridgehead atoms. The van der Waals surface area contributed by atoms with Crippen LogP contribution in [0.15, 0.2) is 53.6 Å². The van der Waals surface area contributed by atoms with Gasteiger partial charge >= 0.3 is 0 Å². The summed E-state index contributed by atoms with van der Waals surface area (Å²) >= 11 is 0. The maximum atomic E-state index is 12.2. The number of hydrogen-bond donors (Lipinski definition) is 3. The zero-order valence-corrected chi connectivity index (χ0v) is 15.0. The maximum absolute atomic E-state index is 12.2. The lowest BCUT2D eigenvalue weighted by atomic mass is 10.1. The van der Waals surface area contributed by atoms with Crippen LogP contribution in [-0.4, -0.2) is 32.1 Å². The molecule has 0 aliphatic heterocycles. The monoisotopic (exact) mass is 364 g/mol. The van der Waals surface area contributed by atoms with Gasteiger partial charge in [-0.15, -0.1) is 0 Å². The van der Waals surface area contributed by atoms with E-state index in [-0.39, 0.29) is 17.4 Å². The van der Waals surface area contributed by atoms with Crippen molar-refractivity contribution in [2.75, 3.05) is 0 Å². The van der Waals surface area contributed by atoms with Gasteiger partial charge in [0.25, 0.3) is 5.91 Å². The maximum Gasteiger partial charge on any atom is 0.271 e. The second kappa shape index (κ2) is 7.74. The van der Waals surface area contributed by atoms with Crippen LogP contribution in [0.1, 0.15) is 32.9 Å². The Hall–Kier alpha value is -3.61. The van der Waals surface area contributed by atoms with Crippen molar-refractivity contribution in [1.82, 2.24) is 15.2 Å². The molecule has 0 aliphatic carbocycles. The number of hydrazone groups is 1. The van der Waals surface area contributed by atoms with Gasteiger partial charge in [-0.2, -0.15) is 10.2 Å². The lowest BCUT2D eigenvalue weighted by molar-refractivity contribution is 0.0955. The number of aromatic nitrogens is 2. The van der Waals surface area contributed by atoms with E-state index in [9.17, 15) is 15.0 Å². The number of benzene rings is 2. The van der Waals surface area contributed by atoms with E-state index in [4.69, 9.17) is 0 Å². The molecule has 3 N–H and O–H groups in total. The second-order valence-electron chi connectivity index (χ2n) is 6.22. The number of amides is 1. The van der Waals surface area contributed by atoms with E-state index in [2.05, 4.69) is 15.6 Å². The molecule has 0 unspecified atom stereocenters. The van der Waals surface area contributed by atoms with E-state index in [1.165, 1.54) is 24.4 Å². The Kier molecular flexibility index (Phi) is 5.21. The summed E-state index contributed by atoms with van der Waals surface area (Å²) in [6, 6.07) is 13.3. The number of hydrogen-bond acceptors (Lipinski definition) is 5. The molecule has 0 fully saturated rings. The van der Waals surface area contributed by atoms with E-state index in [0.29, 0.717) is 17.7 Å². The number of carbonyl (C=O) groups excluding carboxylic acids is 1. The summed E-state index contributed by atoms with van der Waals surface area (Å²) in [4.78, 5) is 12.2. The summed E-state index contributed by atoms with van der Waals surface area (Å²) in [5, 5.41) is 27.2. The Morgan fingerprint density at radius 3 is 2.52 bits per heavy atom. The summed E-state index contributed by atoms with van der Waals surface area (Å²) in [5.74, 6) is -0.530. The zero-order valence-electron chi connectivity index (χ0n) is 15.0. The topological polar surface area (TPSA) is 99.7 Å². The smallest absolute Gasteiger partial charge is 0.271 e. The summed E-state index contributed by atoms with van der Waals surface area (Å²) in [7, 11) is 0. The van der Waals surface area contributed by atoms with Crippen LogP contribution in [-0.2, 0) is 6.54 Å². The number of phenols is 2. The van der Waals surface area contributed by atoms with Crippen LogP contribution in [0.5, 0.6) is 11.5 Å². The average Bonchev–Trinajstić information content (AvgIpc) is 2.94. The number of rotatable bonds is 5. The third-order valence-corrected chi connectivity index (χ3v) is 4.04. The van der Waals surface area contributed by atoms with Crippen LogP contribution in [0.25, 0.3) is 0 Å². The number of carbonyl (C=O) groups is 1. The molecule has 0 saturated heterocycles. The largest absolute Gasteiger partial charge is 0.508 e. The van der Waals surface area contributed by atoms with Crippen LogP contribution in [0, 0.1) is 13.8 Å². The van der Waals surface area contributed by atoms with E-state index >= 15 is 0 Å². The first kappa shape index (κ1) is 18.2. The highest BCUT2D eigenvalue weighted by molar-refractivity contribution is 5.95. The molecule has 2 aromatic carbocycles. The van der Waals surface area contributed by atoms with E-state index in [0.717, 1.165) is 17.0 Å². The average molecular weight is 364 g/mol. The highest BCUT2D eigenvalue weighted by Gasteiger charge is 2.06. The normalized spacial score (nSPS) is 11.0. The van der Waals surface area contributed by atoms with Gasteiger partial charge in [-0.25, -0.2) is 5.43 Å². The molecule has 1 aromatic heterocycles. The van der Waals surface area contributed by atoms with Crippen molar-refractivity contribution in [1.29, 1.82) is 0 Å². The lowest BCUT2D eigenvalue weighted by Gasteiger charge is -2.06. The van der Waals surface area contributed by atoms with Crippen molar-refractivity contribution < 1.29 is 15.0 Å². The molecule has 27 heavy (non-hydrogen) atoms. The van der Waals surface area contributed by atoms with Gasteiger partial charge in [0, 0.05) is 22.9 Å². The molecular formula is C20H20N4O3. The van der Waals surface area contributed by atoms with Crippen LogP contribution < -0.4 is 5.43 Å². The van der Waals surface area contributed by atoms with E-state index < -0.39 is 0 Å². The number of nitrogens with zero attached hydrogens (tertiary/aromatic N) is 3. The first-order valence-electron chi connectivity index (χ1n) is 8.38. The third-order valence-electron chi connectivity index (χ3n) is 4.04. The first-order valence-corrected chi connectivity index (χ1v) is 8.38. The Labute approximate surface area is 156 Å². The van der Waals surface area contributed by atoms with Gasteiger partial charge in [0.2, 0.25) is 0 Å². The van der Waals surface area contributed by atoms with Gasteiger partial charge in [-0.05, 0) is 49.7 Å². The highest BCUT2D eigenvalue weighted by atomic mass is 16.3. The predicted molar refractivity (Wildman–Crippen MR) is 102 cm³/mol. The number of phenolic OH excluding ortho intramolecular Hbond substituents is 2. The van der Waals surface area contributed by atoms with Crippen LogP contribution in [0.3, 0.4) is 0 Å². The molecule has 1 heterocycles. The van der Waals surface area contributed by atoms with Gasteiger partial charge in [-0.1, -0.05) is 12.1 Å². The number of aryl methyl sites for hydroxylation is 2. The van der Waals surface area contributed by atoms with E-state index in [1.807, 2.05) is 36.7 Å². The number of aromatic hydroxyl groups is 2. The van der Waals surface area contributed by atoms with Crippen molar-refractivity contribution in [2.24, 2.45) is 5.10 Å². The molecule has 138 valence electrons. The second-order valence-corrected chi connectivity index (χ2v) is 6.22. The standard InChI is InChI=1S/C20H20N4O3/c1-13-9-14(2)24(23-13)12-15-3-5-16(6-4-15)20(27)22-21-11-17-7-8-18(25)10-19(17)26/h3-11,25-26H,12H2,1-2H3,(H,22,27)/b21-11+. The highest BCUT2D eigenvalue weighted by Crippen LogP contribution is 2.20. The van der Waals surface area contributed by atoms with Crippen molar-refractivity contribution in [3.8, 4) is 11.5 Å². The fourth-order valence-electron chi connectivity index (χ4n) is 2.64. The summed E-state index contributed by atoms with van der Waals surface area (Å²) in [5.41, 5.74) is 6.36. The first-order chi connectivity index (χ1) is 12.9. The quantitative estimate of drug-likeness (QED) is 0.479. The SMILES string of the molecule is Cc1cc(C)n(Cc2ccc(C(=O)N/N=C/c3ccc(O)cc3O)cc2)n1. The summed E-state index contributed by atoms with van der Waals surface area (Å²) in [6.07, 6.45) is 1.31. The minimum atomic E-state index is -0.359. The van der Waals surface area contributed by atoms with Gasteiger partial charge in [0.1, 0.15) is 11.5 Å². The third kappa shape index (κ3) is 4.52. The fourth-order valence-corrected chi connectivity index (χ4v) is 2.64. The van der Waals surface area contributed by atoms with Crippen LogP contribution in [0.4, 0.5) is 0 Å². The molecule has 7 nitrogen and oxygen atoms in total. The molecule has 0 spiro atoms. The van der Waals surface area contributed by atoms with Crippen LogP contribution in [0.2, 0.25) is 0 Å². The zero-order chi connectivity index (χ0) is 19.4. The summed E-state index contributed by atoms with van der Waals surface area (Å²) in [6.45, 7) is 4.60. The predicted octanol–water partition coefficient (Wildman–Crippen LogP) is 2.72. The fraction of sp³-hybridized carbons (Fsp3) is 0.150. The molecule has 0 atom stereocenters. The van der Waals surface area contributed by atoms with Gasteiger partial charge in [0.05, 0.1) is 18.5 Å². The summed E-state index contributed by atoms with van der Waals surface area (Å²) < 4.78 is 1.92. The molecule has 3 aromatic rings. The van der Waals surface area contributed by atoms with Crippen molar-refractivity contribution in [3.05, 3.63) is 76.6 Å². The van der Waals surface area contributed by atoms with E-state index in [1.54, 1.807) is 12.1 Å². The molecule has 0 saturated carbocycles. The Bertz CT molecular complexity index is 991. The van der Waals surface area contributed by atoms with Crippen molar-refractivity contribution >= 4 is 12.1 Å². The minimum Gasteiger partial charge on any atom is -0.508 e. The molecule has 3 rings (SSSR count). The van der Waals surface area contributed by atoms with Gasteiger partial charge < -0.3 is 10.2 Å². The molecule has 0 radical (unpaired) electrons. The molecule has 0 aliphatic rings. The molecule has 7 heteroatoms. The minimum absolute atomic E-state index is 0.0470. The Morgan fingerprint density at radius 1 is 1.15 bits per heavy atom. The molecular weight excluding hydrogens is 344 g/mol. The Balaban J connectivity index is 1.62. The number of nitrogens with one attached hydrogen (secondary N) is 1. The van der Waals surface area contributed by atoms with Crippen molar-refractivity contribution in [2.45, 2.75) is 20.4 Å². The van der Waals surface area contributed by atoms with Gasteiger partial charge in [0.15, 0.2) is 0 Å².